The normalized spacial score (nSPS) is 11.9. The van der Waals surface area contributed by atoms with E-state index in [0.717, 1.165) is 25.7 Å². The molecule has 0 aliphatic carbocycles. The van der Waals surface area contributed by atoms with Crippen molar-refractivity contribution in [3.63, 3.8) is 0 Å². The van der Waals surface area contributed by atoms with E-state index in [4.69, 9.17) is 16.3 Å². The number of ether oxygens (including phenoxy) is 1. The Balaban J connectivity index is 1.81. The Morgan fingerprint density at radius 3 is 2.50 bits per heavy atom. The maximum absolute atomic E-state index is 12.4. The monoisotopic (exact) mass is 364 g/mol. The summed E-state index contributed by atoms with van der Waals surface area (Å²) in [4.78, 5) is 12.4. The van der Waals surface area contributed by atoms with Gasteiger partial charge in [0.1, 0.15) is 13.6 Å². The van der Waals surface area contributed by atoms with Crippen LogP contribution in [0.2, 0.25) is 5.02 Å². The van der Waals surface area contributed by atoms with Gasteiger partial charge in [-0.2, -0.15) is 0 Å². The molecule has 128 valence electrons. The fraction of sp³-hybridized carbons (Fsp3) is 0.316. The average Bonchev–Trinajstić information content (AvgIpc) is 2.61. The Morgan fingerprint density at radius 2 is 1.79 bits per heavy atom. The van der Waals surface area contributed by atoms with Crippen LogP contribution in [0.3, 0.4) is 0 Å². The molecule has 0 amide bonds. The second kappa shape index (κ2) is 9.66. The molecule has 0 heterocycles. The lowest BCUT2D eigenvalue weighted by molar-refractivity contribution is 0.107. The molecule has 1 atom stereocenters. The molecule has 1 unspecified atom stereocenters. The molecule has 0 N–H and O–H groups in total. The molecule has 0 spiro atoms. The molecule has 2 aromatic rings. The highest BCUT2D eigenvalue weighted by Crippen LogP contribution is 2.36. The Kier molecular flexibility index (Phi) is 7.55. The van der Waals surface area contributed by atoms with Crippen LogP contribution in [0.1, 0.15) is 35.2 Å². The van der Waals surface area contributed by atoms with Gasteiger partial charge in [0.25, 0.3) is 0 Å². The van der Waals surface area contributed by atoms with Gasteiger partial charge in [-0.3, -0.25) is 4.79 Å². The van der Waals surface area contributed by atoms with Crippen molar-refractivity contribution in [3.05, 3.63) is 64.7 Å². The standard InChI is InChI=1S/C19H22ClO3P/c1-23-17-13-8-12-16(20)18(17)19(21)24(22)14-7-3-6-11-15-9-4-2-5-10-15/h2,4-5,8-10,12-13,24H,3,6-7,11,14H2,1H3. The van der Waals surface area contributed by atoms with E-state index >= 15 is 0 Å². The first-order valence-corrected chi connectivity index (χ1v) is 10.1. The first-order chi connectivity index (χ1) is 11.6. The van der Waals surface area contributed by atoms with E-state index in [2.05, 4.69) is 12.1 Å². The lowest BCUT2D eigenvalue weighted by Crippen LogP contribution is -2.01. The molecule has 24 heavy (non-hydrogen) atoms. The number of aryl methyl sites for hydroxylation is 1. The van der Waals surface area contributed by atoms with Crippen molar-refractivity contribution < 1.29 is 14.1 Å². The van der Waals surface area contributed by atoms with Crippen LogP contribution in [-0.2, 0) is 11.0 Å². The van der Waals surface area contributed by atoms with Crippen molar-refractivity contribution in [1.82, 2.24) is 0 Å². The third-order valence-corrected chi connectivity index (χ3v) is 5.77. The molecule has 0 radical (unpaired) electrons. The Labute approximate surface area is 148 Å². The van der Waals surface area contributed by atoms with E-state index in [1.165, 1.54) is 12.7 Å². The minimum absolute atomic E-state index is 0.245. The summed E-state index contributed by atoms with van der Waals surface area (Å²) in [5, 5.41) is 0.293. The number of benzene rings is 2. The number of methoxy groups -OCH3 is 1. The topological polar surface area (TPSA) is 43.4 Å². The molecular formula is C19H22ClO3P. The first kappa shape index (κ1) is 18.8. The average molecular weight is 365 g/mol. The van der Waals surface area contributed by atoms with Gasteiger partial charge in [0.05, 0.1) is 17.7 Å². The van der Waals surface area contributed by atoms with E-state index in [9.17, 15) is 9.36 Å². The predicted molar refractivity (Wildman–Crippen MR) is 100 cm³/mol. The van der Waals surface area contributed by atoms with Crippen molar-refractivity contribution in [2.24, 2.45) is 0 Å². The van der Waals surface area contributed by atoms with Crippen molar-refractivity contribution >= 4 is 24.9 Å². The van der Waals surface area contributed by atoms with Gasteiger partial charge in [-0.1, -0.05) is 54.4 Å². The summed E-state index contributed by atoms with van der Waals surface area (Å²) < 4.78 is 17.5. The minimum atomic E-state index is -2.37. The van der Waals surface area contributed by atoms with Crippen LogP contribution in [0.4, 0.5) is 0 Å². The van der Waals surface area contributed by atoms with Gasteiger partial charge in [-0.05, 0) is 37.0 Å². The SMILES string of the molecule is COc1cccc(Cl)c1C(=O)[PH](=O)CCCCCc1ccccc1. The quantitative estimate of drug-likeness (QED) is 0.438. The summed E-state index contributed by atoms with van der Waals surface area (Å²) in [6, 6.07) is 15.3. The molecule has 0 aliphatic rings. The molecule has 0 aromatic heterocycles. The van der Waals surface area contributed by atoms with Gasteiger partial charge in [-0.25, -0.2) is 0 Å². The van der Waals surface area contributed by atoms with Gasteiger partial charge in [0.15, 0.2) is 0 Å². The number of unbranched alkanes of at least 4 members (excludes halogenated alkanes) is 2. The highest BCUT2D eigenvalue weighted by Gasteiger charge is 2.21. The number of hydrogen-bond acceptors (Lipinski definition) is 3. The Morgan fingerprint density at radius 1 is 1.04 bits per heavy atom. The van der Waals surface area contributed by atoms with Crippen molar-refractivity contribution in [3.8, 4) is 5.75 Å². The van der Waals surface area contributed by atoms with Crippen molar-refractivity contribution in [2.75, 3.05) is 13.3 Å². The Bertz CT molecular complexity index is 701. The van der Waals surface area contributed by atoms with Crippen LogP contribution in [0.15, 0.2) is 48.5 Å². The van der Waals surface area contributed by atoms with Gasteiger partial charge < -0.3 is 9.30 Å². The fourth-order valence-corrected chi connectivity index (χ4v) is 4.25. The summed E-state index contributed by atoms with van der Waals surface area (Å²) >= 11 is 6.08. The van der Waals surface area contributed by atoms with Crippen LogP contribution < -0.4 is 4.74 Å². The molecular weight excluding hydrogens is 343 g/mol. The summed E-state index contributed by atoms with van der Waals surface area (Å²) in [6.45, 7) is 0. The number of hydrogen-bond donors (Lipinski definition) is 0. The Hall–Kier alpha value is -1.57. The molecule has 0 bridgehead atoms. The van der Waals surface area contributed by atoms with Crippen LogP contribution in [-0.4, -0.2) is 18.8 Å². The summed E-state index contributed by atoms with van der Waals surface area (Å²) in [5.74, 6) is 0.384. The molecule has 2 aromatic carbocycles. The van der Waals surface area contributed by atoms with Crippen LogP contribution >= 0.6 is 19.4 Å². The maximum atomic E-state index is 12.4. The van der Waals surface area contributed by atoms with Crippen LogP contribution in [0, 0.1) is 0 Å². The third kappa shape index (κ3) is 5.22. The van der Waals surface area contributed by atoms with Crippen LogP contribution in [0.5, 0.6) is 5.75 Å². The second-order valence-corrected chi connectivity index (χ2v) is 7.82. The van der Waals surface area contributed by atoms with Gasteiger partial charge >= 0.3 is 0 Å². The summed E-state index contributed by atoms with van der Waals surface area (Å²) in [6.07, 6.45) is 4.20. The number of halogens is 1. The highest BCUT2D eigenvalue weighted by atomic mass is 35.5. The first-order valence-electron chi connectivity index (χ1n) is 8.07. The molecule has 5 heteroatoms. The van der Waals surface area contributed by atoms with Gasteiger partial charge in [0.2, 0.25) is 5.52 Å². The zero-order chi connectivity index (χ0) is 17.4. The van der Waals surface area contributed by atoms with Crippen molar-refractivity contribution in [1.29, 1.82) is 0 Å². The molecule has 0 saturated carbocycles. The largest absolute Gasteiger partial charge is 0.496 e. The number of carbonyl (C=O) groups is 1. The lowest BCUT2D eigenvalue weighted by Gasteiger charge is -2.09. The van der Waals surface area contributed by atoms with Crippen LogP contribution in [0.25, 0.3) is 0 Å². The van der Waals surface area contributed by atoms with E-state index in [1.54, 1.807) is 18.2 Å². The van der Waals surface area contributed by atoms with Gasteiger partial charge in [-0.15, -0.1) is 0 Å². The minimum Gasteiger partial charge on any atom is -0.496 e. The van der Waals surface area contributed by atoms with E-state index < -0.39 is 7.80 Å². The summed E-state index contributed by atoms with van der Waals surface area (Å²) in [5.41, 5.74) is 1.17. The van der Waals surface area contributed by atoms with E-state index in [0.29, 0.717) is 16.9 Å². The molecule has 0 aliphatic heterocycles. The van der Waals surface area contributed by atoms with E-state index in [1.807, 2.05) is 18.2 Å². The molecule has 3 nitrogen and oxygen atoms in total. The number of rotatable bonds is 9. The molecule has 0 saturated heterocycles. The predicted octanol–water partition coefficient (Wildman–Crippen LogP) is 5.46. The van der Waals surface area contributed by atoms with E-state index in [-0.39, 0.29) is 11.1 Å². The zero-order valence-electron chi connectivity index (χ0n) is 13.8. The maximum Gasteiger partial charge on any atom is 0.223 e. The number of carbonyl (C=O) groups excluding carboxylic acids is 1. The fourth-order valence-electron chi connectivity index (χ4n) is 2.58. The molecule has 2 rings (SSSR count). The highest BCUT2D eigenvalue weighted by molar-refractivity contribution is 7.64. The summed E-state index contributed by atoms with van der Waals surface area (Å²) in [7, 11) is -0.896. The zero-order valence-corrected chi connectivity index (χ0v) is 15.5. The lowest BCUT2D eigenvalue weighted by atomic mass is 10.1. The molecule has 0 fully saturated rings. The third-order valence-electron chi connectivity index (χ3n) is 3.89. The second-order valence-electron chi connectivity index (χ2n) is 5.62. The smallest absolute Gasteiger partial charge is 0.223 e. The van der Waals surface area contributed by atoms with Gasteiger partial charge in [0, 0.05) is 6.16 Å². The van der Waals surface area contributed by atoms with Crippen molar-refractivity contribution in [2.45, 2.75) is 25.7 Å².